The van der Waals surface area contributed by atoms with E-state index in [1.54, 1.807) is 51.4 Å². The van der Waals surface area contributed by atoms with Crippen LogP contribution in [-0.4, -0.2) is 5.66 Å². The van der Waals surface area contributed by atoms with Gasteiger partial charge in [-0.3, -0.25) is 0 Å². The van der Waals surface area contributed by atoms with Gasteiger partial charge < -0.3 is 0 Å². The summed E-state index contributed by atoms with van der Waals surface area (Å²) < 4.78 is 0. The van der Waals surface area contributed by atoms with Crippen LogP contribution in [0.4, 0.5) is 0 Å². The van der Waals surface area contributed by atoms with Gasteiger partial charge in [0.15, 0.2) is 0 Å². The summed E-state index contributed by atoms with van der Waals surface area (Å²) in [5, 5.41) is 0. The highest BCUT2D eigenvalue weighted by atomic mass is 31.0. The first-order chi connectivity index (χ1) is 9.71. The minimum Gasteiger partial charge on any atom is -0.134 e. The molecule has 114 valence electrons. The predicted molar refractivity (Wildman–Crippen MR) is 90.1 cm³/mol. The number of hydrogen-bond acceptors (Lipinski definition) is 0. The van der Waals surface area contributed by atoms with Gasteiger partial charge in [-0.1, -0.05) is 38.5 Å². The molecular weight excluding hydrogens is 259 g/mol. The molecule has 0 aromatic heterocycles. The van der Waals surface area contributed by atoms with Gasteiger partial charge in [0.2, 0.25) is 0 Å². The van der Waals surface area contributed by atoms with E-state index in [4.69, 9.17) is 0 Å². The van der Waals surface area contributed by atoms with Crippen molar-refractivity contribution in [1.82, 2.24) is 0 Å². The topological polar surface area (TPSA) is 0 Å². The van der Waals surface area contributed by atoms with E-state index in [-0.39, 0.29) is 0 Å². The van der Waals surface area contributed by atoms with Gasteiger partial charge in [-0.25, -0.2) is 0 Å². The number of rotatable bonds is 0. The summed E-state index contributed by atoms with van der Waals surface area (Å²) in [4.78, 5) is 0. The van der Waals surface area contributed by atoms with Crippen LogP contribution in [0.2, 0.25) is 0 Å². The first-order valence-corrected chi connectivity index (χ1v) is 10.1. The van der Waals surface area contributed by atoms with Crippen molar-refractivity contribution in [3.63, 3.8) is 0 Å². The van der Waals surface area contributed by atoms with Crippen molar-refractivity contribution in [2.45, 2.75) is 102 Å². The lowest BCUT2D eigenvalue weighted by Gasteiger charge is -2.51. The first-order valence-electron chi connectivity index (χ1n) is 9.46. The van der Waals surface area contributed by atoms with Gasteiger partial charge >= 0.3 is 0 Å². The van der Waals surface area contributed by atoms with Crippen LogP contribution in [0.25, 0.3) is 0 Å². The maximum atomic E-state index is 3.36. The van der Waals surface area contributed by atoms with Gasteiger partial charge in [0.25, 0.3) is 0 Å². The summed E-state index contributed by atoms with van der Waals surface area (Å²) in [6.07, 6.45) is 23.3. The van der Waals surface area contributed by atoms with Crippen molar-refractivity contribution < 1.29 is 0 Å². The van der Waals surface area contributed by atoms with Crippen LogP contribution in [0.5, 0.6) is 0 Å². The molecule has 1 heteroatoms. The molecule has 0 aromatic rings. The van der Waals surface area contributed by atoms with E-state index in [0.717, 1.165) is 21.9 Å². The minimum atomic E-state index is 0.736. The van der Waals surface area contributed by atoms with Gasteiger partial charge in [0.05, 0.1) is 0 Å². The molecule has 4 rings (SSSR count). The second kappa shape index (κ2) is 4.97. The van der Waals surface area contributed by atoms with Crippen molar-refractivity contribution in [3.05, 3.63) is 0 Å². The lowest BCUT2D eigenvalue weighted by Crippen LogP contribution is -2.44. The Hall–Kier alpha value is 0.430. The standard InChI is InChI=1S/C19H33P/c20-16-7-14-17(8-1-2-9-17)15-18(10-3-4-11-18)19(16)12-5-6-13-19/h16H,1-15,20H2. The summed E-state index contributed by atoms with van der Waals surface area (Å²) in [6.45, 7) is 0. The third-order valence-electron chi connectivity index (χ3n) is 8.19. The molecular formula is C19H33P. The highest BCUT2D eigenvalue weighted by Crippen LogP contribution is 2.70. The van der Waals surface area contributed by atoms with Gasteiger partial charge in [0.1, 0.15) is 0 Å². The molecule has 0 bridgehead atoms. The fourth-order valence-corrected chi connectivity index (χ4v) is 8.15. The van der Waals surface area contributed by atoms with Crippen LogP contribution in [0.15, 0.2) is 0 Å². The number of hydrogen-bond donors (Lipinski definition) is 0. The average Bonchev–Trinajstić information content (AvgIpc) is 3.16. The Balaban J connectivity index is 1.74. The van der Waals surface area contributed by atoms with Crippen LogP contribution in [0.3, 0.4) is 0 Å². The molecule has 4 saturated carbocycles. The molecule has 4 aliphatic carbocycles. The lowest BCUT2D eigenvalue weighted by atomic mass is 9.55. The van der Waals surface area contributed by atoms with E-state index >= 15 is 0 Å². The van der Waals surface area contributed by atoms with Gasteiger partial charge in [-0.15, -0.1) is 9.24 Å². The van der Waals surface area contributed by atoms with E-state index in [9.17, 15) is 0 Å². The Morgan fingerprint density at radius 1 is 0.650 bits per heavy atom. The van der Waals surface area contributed by atoms with Crippen molar-refractivity contribution in [2.24, 2.45) is 16.2 Å². The molecule has 0 radical (unpaired) electrons. The quantitative estimate of drug-likeness (QED) is 0.473. The Labute approximate surface area is 128 Å². The maximum absolute atomic E-state index is 3.36. The van der Waals surface area contributed by atoms with E-state index in [1.165, 1.54) is 44.9 Å². The number of fused-ring (bicyclic) bond motifs is 1. The highest BCUT2D eigenvalue weighted by molar-refractivity contribution is 7.17. The molecule has 0 aromatic carbocycles. The second-order valence-electron chi connectivity index (χ2n) is 8.88. The van der Waals surface area contributed by atoms with Gasteiger partial charge in [0, 0.05) is 0 Å². The molecule has 20 heavy (non-hydrogen) atoms. The Morgan fingerprint density at radius 2 is 1.20 bits per heavy atom. The Bertz CT molecular complexity index is 354. The second-order valence-corrected chi connectivity index (χ2v) is 9.68. The summed E-state index contributed by atoms with van der Waals surface area (Å²) in [7, 11) is 3.36. The first kappa shape index (κ1) is 14.0. The maximum Gasteiger partial charge on any atom is -0.0178 e. The summed E-state index contributed by atoms with van der Waals surface area (Å²) >= 11 is 0. The smallest absolute Gasteiger partial charge is 0.0178 e. The molecule has 2 unspecified atom stereocenters. The molecule has 0 N–H and O–H groups in total. The average molecular weight is 292 g/mol. The largest absolute Gasteiger partial charge is 0.134 e. The minimum absolute atomic E-state index is 0.736. The highest BCUT2D eigenvalue weighted by Gasteiger charge is 2.60. The lowest BCUT2D eigenvalue weighted by molar-refractivity contribution is 0.00975. The van der Waals surface area contributed by atoms with Crippen molar-refractivity contribution in [2.75, 3.05) is 0 Å². The van der Waals surface area contributed by atoms with Crippen LogP contribution < -0.4 is 0 Å². The molecule has 4 fully saturated rings. The third kappa shape index (κ3) is 1.89. The van der Waals surface area contributed by atoms with Crippen molar-refractivity contribution in [3.8, 4) is 0 Å². The normalized spacial score (nSPS) is 38.0. The zero-order valence-electron chi connectivity index (χ0n) is 13.3. The SMILES string of the molecule is PC1CCC2(CCCC2)CC2(CCCC2)C12CCCC2. The molecule has 0 heterocycles. The zero-order valence-corrected chi connectivity index (χ0v) is 14.4. The van der Waals surface area contributed by atoms with Crippen LogP contribution in [0, 0.1) is 16.2 Å². The third-order valence-corrected chi connectivity index (χ3v) is 9.16. The monoisotopic (exact) mass is 292 g/mol. The van der Waals surface area contributed by atoms with E-state index < -0.39 is 0 Å². The summed E-state index contributed by atoms with van der Waals surface area (Å²) in [5.41, 5.74) is 3.21. The molecule has 0 aliphatic heterocycles. The molecule has 0 amide bonds. The zero-order chi connectivity index (χ0) is 13.7. The molecule has 2 atom stereocenters. The molecule has 4 aliphatic rings. The van der Waals surface area contributed by atoms with Crippen LogP contribution in [-0.2, 0) is 0 Å². The molecule has 3 spiro atoms. The van der Waals surface area contributed by atoms with Crippen LogP contribution >= 0.6 is 9.24 Å². The van der Waals surface area contributed by atoms with Gasteiger partial charge in [-0.05, 0) is 79.7 Å². The van der Waals surface area contributed by atoms with Crippen molar-refractivity contribution >= 4 is 9.24 Å². The van der Waals surface area contributed by atoms with E-state index in [1.807, 2.05) is 0 Å². The molecule has 0 nitrogen and oxygen atoms in total. The van der Waals surface area contributed by atoms with E-state index in [2.05, 4.69) is 9.24 Å². The van der Waals surface area contributed by atoms with E-state index in [0.29, 0.717) is 0 Å². The summed E-state index contributed by atoms with van der Waals surface area (Å²) in [5.74, 6) is 0. The fraction of sp³-hybridized carbons (Fsp3) is 1.00. The Morgan fingerprint density at radius 3 is 1.85 bits per heavy atom. The molecule has 0 saturated heterocycles. The Kier molecular flexibility index (Phi) is 3.49. The van der Waals surface area contributed by atoms with Gasteiger partial charge in [-0.2, -0.15) is 0 Å². The summed E-state index contributed by atoms with van der Waals surface area (Å²) in [6, 6.07) is 0. The fourth-order valence-electron chi connectivity index (χ4n) is 7.30. The predicted octanol–water partition coefficient (Wildman–Crippen LogP) is 6.10. The van der Waals surface area contributed by atoms with Crippen molar-refractivity contribution in [1.29, 1.82) is 0 Å². The van der Waals surface area contributed by atoms with Crippen LogP contribution in [0.1, 0.15) is 96.3 Å².